The average Bonchev–Trinajstić information content (AvgIpc) is 3.42. The highest BCUT2D eigenvalue weighted by Gasteiger charge is 2.16. The highest BCUT2D eigenvalue weighted by molar-refractivity contribution is 7.91. The number of hydrogen-bond donors (Lipinski definition) is 2. The van der Waals surface area contributed by atoms with Crippen LogP contribution in [0.4, 0.5) is 5.69 Å². The Labute approximate surface area is 273 Å². The molecule has 4 aromatic carbocycles. The third-order valence-electron chi connectivity index (χ3n) is 6.55. The van der Waals surface area contributed by atoms with Crippen LogP contribution in [-0.2, 0) is 27.7 Å². The van der Waals surface area contributed by atoms with Gasteiger partial charge in [-0.15, -0.1) is 11.3 Å². The highest BCUT2D eigenvalue weighted by atomic mass is 35.5. The van der Waals surface area contributed by atoms with Gasteiger partial charge in [0, 0.05) is 15.6 Å². The number of hydrogen-bond acceptors (Lipinski definition) is 8. The SMILES string of the molecule is O=C(O)COc1ccc(CCCS(=O)(=O)c2ccc(Cl)cc2)cc1NC(=O)c1cccc(OCc2nc3cc(Cl)ccc3s2)c1. The lowest BCUT2D eigenvalue weighted by atomic mass is 10.1. The molecule has 1 amide bonds. The Balaban J connectivity index is 1.26. The maximum Gasteiger partial charge on any atom is 0.341 e. The van der Waals surface area contributed by atoms with Crippen molar-refractivity contribution in [3.8, 4) is 11.5 Å². The van der Waals surface area contributed by atoms with Crippen LogP contribution in [-0.4, -0.2) is 42.7 Å². The van der Waals surface area contributed by atoms with Crippen molar-refractivity contribution in [2.75, 3.05) is 17.7 Å². The van der Waals surface area contributed by atoms with Crippen LogP contribution in [0.1, 0.15) is 27.3 Å². The fourth-order valence-electron chi connectivity index (χ4n) is 4.40. The lowest BCUT2D eigenvalue weighted by Crippen LogP contribution is -2.15. The molecular formula is C32H26Cl2N2O7S2. The van der Waals surface area contributed by atoms with Gasteiger partial charge >= 0.3 is 5.97 Å². The Bertz CT molecular complexity index is 1960. The van der Waals surface area contributed by atoms with Crippen molar-refractivity contribution in [3.05, 3.63) is 111 Å². The molecule has 0 aliphatic heterocycles. The van der Waals surface area contributed by atoms with Crippen LogP contribution >= 0.6 is 34.5 Å². The Morgan fingerprint density at radius 2 is 1.69 bits per heavy atom. The Morgan fingerprint density at radius 3 is 2.47 bits per heavy atom. The van der Waals surface area contributed by atoms with Crippen LogP contribution in [0, 0.1) is 0 Å². The van der Waals surface area contributed by atoms with E-state index >= 15 is 0 Å². The maximum absolute atomic E-state index is 13.3. The number of ether oxygens (including phenoxy) is 2. The lowest BCUT2D eigenvalue weighted by Gasteiger charge is -2.14. The van der Waals surface area contributed by atoms with Crippen LogP contribution in [0.3, 0.4) is 0 Å². The second kappa shape index (κ2) is 14.3. The minimum absolute atomic E-state index is 0.0921. The van der Waals surface area contributed by atoms with Crippen molar-refractivity contribution in [1.29, 1.82) is 0 Å². The largest absolute Gasteiger partial charge is 0.486 e. The number of anilines is 1. The number of aryl methyl sites for hydroxylation is 1. The van der Waals surface area contributed by atoms with Gasteiger partial charge in [0.05, 0.1) is 26.6 Å². The number of thiazole rings is 1. The Kier molecular flexibility index (Phi) is 10.2. The molecule has 1 heterocycles. The molecule has 5 aromatic rings. The molecule has 0 saturated carbocycles. The number of benzene rings is 4. The summed E-state index contributed by atoms with van der Waals surface area (Å²) in [6.07, 6.45) is 0.699. The monoisotopic (exact) mass is 684 g/mol. The van der Waals surface area contributed by atoms with E-state index in [2.05, 4.69) is 10.3 Å². The van der Waals surface area contributed by atoms with E-state index in [9.17, 15) is 18.0 Å². The zero-order valence-corrected chi connectivity index (χ0v) is 26.7. The molecule has 45 heavy (non-hydrogen) atoms. The number of carbonyl (C=O) groups is 2. The smallest absolute Gasteiger partial charge is 0.341 e. The standard InChI is InChI=1S/C32H26Cl2N2O7S2/c33-22-7-10-25(11-8-22)45(40,41)14-2-3-20-6-12-28(43-19-31(37)38)26(15-20)36-32(39)21-4-1-5-24(16-21)42-18-30-35-27-17-23(34)9-13-29(27)44-30/h1,4-13,15-17H,2-3,14,18-19H2,(H,36,39)(H,37,38). The third kappa shape index (κ3) is 8.73. The van der Waals surface area contributed by atoms with E-state index < -0.39 is 28.3 Å². The first-order chi connectivity index (χ1) is 21.6. The number of sulfone groups is 1. The number of carboxylic acids is 1. The van der Waals surface area contributed by atoms with E-state index in [1.54, 1.807) is 54.6 Å². The van der Waals surface area contributed by atoms with Gasteiger partial charge in [-0.3, -0.25) is 4.79 Å². The van der Waals surface area contributed by atoms with Crippen LogP contribution < -0.4 is 14.8 Å². The van der Waals surface area contributed by atoms with Gasteiger partial charge in [0.2, 0.25) is 0 Å². The summed E-state index contributed by atoms with van der Waals surface area (Å²) in [4.78, 5) is 29.1. The number of aromatic nitrogens is 1. The normalized spacial score (nSPS) is 11.3. The van der Waals surface area contributed by atoms with Crippen LogP contribution in [0.15, 0.2) is 89.8 Å². The van der Waals surface area contributed by atoms with Crippen molar-refractivity contribution in [3.63, 3.8) is 0 Å². The minimum Gasteiger partial charge on any atom is -0.486 e. The average molecular weight is 686 g/mol. The summed E-state index contributed by atoms with van der Waals surface area (Å²) in [5.74, 6) is -1.13. The quantitative estimate of drug-likeness (QED) is 0.132. The number of nitrogens with zero attached hydrogens (tertiary/aromatic N) is 1. The molecule has 232 valence electrons. The number of fused-ring (bicyclic) bond motifs is 1. The highest BCUT2D eigenvalue weighted by Crippen LogP contribution is 2.29. The van der Waals surface area contributed by atoms with Crippen molar-refractivity contribution in [2.45, 2.75) is 24.3 Å². The van der Waals surface area contributed by atoms with E-state index in [1.165, 1.54) is 35.6 Å². The Hall–Kier alpha value is -4.16. The van der Waals surface area contributed by atoms with Crippen molar-refractivity contribution in [2.24, 2.45) is 0 Å². The molecule has 0 aliphatic carbocycles. The molecule has 0 bridgehead atoms. The fourth-order valence-corrected chi connectivity index (χ4v) is 6.86. The summed E-state index contributed by atoms with van der Waals surface area (Å²) >= 11 is 13.4. The molecule has 0 radical (unpaired) electrons. The predicted molar refractivity (Wildman–Crippen MR) is 175 cm³/mol. The zero-order chi connectivity index (χ0) is 32.0. The van der Waals surface area contributed by atoms with Crippen molar-refractivity contribution >= 4 is 72.2 Å². The molecule has 13 heteroatoms. The van der Waals surface area contributed by atoms with E-state index in [4.69, 9.17) is 37.8 Å². The van der Waals surface area contributed by atoms with E-state index in [1.807, 2.05) is 6.07 Å². The predicted octanol–water partition coefficient (Wildman–Crippen LogP) is 7.30. The third-order valence-corrected chi connectivity index (χ3v) is 9.86. The Morgan fingerprint density at radius 1 is 0.911 bits per heavy atom. The molecule has 0 unspecified atom stereocenters. The summed E-state index contributed by atoms with van der Waals surface area (Å²) in [7, 11) is -3.51. The number of carboxylic acid groups (broad SMARTS) is 1. The van der Waals surface area contributed by atoms with Gasteiger partial charge in [-0.05, 0) is 91.2 Å². The second-order valence-electron chi connectivity index (χ2n) is 9.88. The molecule has 0 atom stereocenters. The van der Waals surface area contributed by atoms with Gasteiger partial charge < -0.3 is 19.9 Å². The van der Waals surface area contributed by atoms with Crippen LogP contribution in [0.25, 0.3) is 10.2 Å². The number of nitrogens with one attached hydrogen (secondary N) is 1. The lowest BCUT2D eigenvalue weighted by molar-refractivity contribution is -0.139. The van der Waals surface area contributed by atoms with E-state index in [-0.39, 0.29) is 28.7 Å². The number of rotatable bonds is 13. The second-order valence-corrected chi connectivity index (χ2v) is 14.0. The van der Waals surface area contributed by atoms with Gasteiger partial charge in [-0.25, -0.2) is 18.2 Å². The summed E-state index contributed by atoms with van der Waals surface area (Å²) in [5, 5.41) is 13.7. The van der Waals surface area contributed by atoms with Crippen LogP contribution in [0.5, 0.6) is 11.5 Å². The minimum atomic E-state index is -3.51. The fraction of sp³-hybridized carbons (Fsp3) is 0.156. The number of halogens is 2. The number of carbonyl (C=O) groups excluding carboxylic acids is 1. The molecule has 0 aliphatic rings. The zero-order valence-electron chi connectivity index (χ0n) is 23.5. The topological polar surface area (TPSA) is 132 Å². The molecule has 2 N–H and O–H groups in total. The van der Waals surface area contributed by atoms with Gasteiger partial charge in [0.1, 0.15) is 23.1 Å². The van der Waals surface area contributed by atoms with E-state index in [0.29, 0.717) is 34.2 Å². The maximum atomic E-state index is 13.3. The molecule has 5 rings (SSSR count). The first kappa shape index (κ1) is 32.2. The summed E-state index contributed by atoms with van der Waals surface area (Å²) in [6, 6.07) is 23.0. The van der Waals surface area contributed by atoms with Crippen molar-refractivity contribution < 1.29 is 32.6 Å². The summed E-state index contributed by atoms with van der Waals surface area (Å²) in [6.45, 7) is -0.409. The molecule has 0 spiro atoms. The molecular weight excluding hydrogens is 659 g/mol. The number of amides is 1. The summed E-state index contributed by atoms with van der Waals surface area (Å²) < 4.78 is 37.7. The number of aliphatic carboxylic acids is 1. The van der Waals surface area contributed by atoms with E-state index in [0.717, 1.165) is 20.8 Å². The van der Waals surface area contributed by atoms with Crippen LogP contribution in [0.2, 0.25) is 10.0 Å². The summed E-state index contributed by atoms with van der Waals surface area (Å²) in [5.41, 5.74) is 2.06. The molecule has 0 saturated heterocycles. The van der Waals surface area contributed by atoms with Gasteiger partial charge in [-0.2, -0.15) is 0 Å². The van der Waals surface area contributed by atoms with Gasteiger partial charge in [0.25, 0.3) is 5.91 Å². The molecule has 9 nitrogen and oxygen atoms in total. The molecule has 1 aromatic heterocycles. The first-order valence-electron chi connectivity index (χ1n) is 13.6. The van der Waals surface area contributed by atoms with Gasteiger partial charge in [-0.1, -0.05) is 35.3 Å². The van der Waals surface area contributed by atoms with Gasteiger partial charge in [0.15, 0.2) is 16.4 Å². The van der Waals surface area contributed by atoms with Crippen molar-refractivity contribution in [1.82, 2.24) is 4.98 Å². The molecule has 0 fully saturated rings. The first-order valence-corrected chi connectivity index (χ1v) is 16.8.